The van der Waals surface area contributed by atoms with E-state index in [0.717, 1.165) is 33.5 Å². The molecule has 60 valence electrons. The monoisotopic (exact) mass is 151 g/mol. The summed E-state index contributed by atoms with van der Waals surface area (Å²) in [6.45, 7) is 2.17. The van der Waals surface area contributed by atoms with Crippen LogP contribution in [0.4, 0.5) is 0 Å². The molecule has 1 fully saturated rings. The lowest BCUT2D eigenvalue weighted by atomic mass is 9.95. The van der Waals surface area contributed by atoms with Crippen molar-refractivity contribution in [2.75, 3.05) is 20.2 Å². The second kappa shape index (κ2) is 4.43. The molecule has 1 rings (SSSR count). The molecule has 2 nitrogen and oxygen atoms in total. The van der Waals surface area contributed by atoms with Crippen LogP contribution in [0.3, 0.4) is 0 Å². The second-order valence-corrected chi connectivity index (χ2v) is 2.98. The number of rotatable bonds is 2. The molecule has 11 heavy (non-hydrogen) atoms. The Morgan fingerprint density at radius 2 is 2.18 bits per heavy atom. The third-order valence-electron chi connectivity index (χ3n) is 2.13. The molecule has 1 heterocycles. The summed E-state index contributed by atoms with van der Waals surface area (Å²) in [5.74, 6) is 3.30. The first-order valence-corrected chi connectivity index (χ1v) is 4.04. The highest BCUT2D eigenvalue weighted by atomic mass is 16.4. The zero-order valence-corrected chi connectivity index (χ0v) is 7.05. The van der Waals surface area contributed by atoms with Crippen LogP contribution in [-0.4, -0.2) is 32.6 Å². The van der Waals surface area contributed by atoms with Crippen LogP contribution in [0.25, 0.3) is 0 Å². The zero-order valence-electron chi connectivity index (χ0n) is 7.05. The van der Waals surface area contributed by atoms with Gasteiger partial charge in [-0.05, 0) is 25.9 Å². The van der Waals surface area contributed by atoms with E-state index < -0.39 is 0 Å². The molecule has 1 saturated heterocycles. The fraction of sp³-hybridized carbons (Fsp3) is 0.750. The predicted octanol–water partition coefficient (Wildman–Crippen LogP) is 0.244. The smallest absolute Gasteiger partial charge is 0.363 e. The number of terminal acetylenes is 1. The molecule has 1 aliphatic heterocycles. The van der Waals surface area contributed by atoms with Crippen LogP contribution in [0.1, 0.15) is 12.8 Å². The van der Waals surface area contributed by atoms with E-state index in [9.17, 15) is 0 Å². The van der Waals surface area contributed by atoms with Crippen molar-refractivity contribution in [3.8, 4) is 12.3 Å². The Kier molecular flexibility index (Phi) is 3.48. The molecule has 3 heteroatoms. The lowest BCUT2D eigenvalue weighted by Crippen LogP contribution is -2.36. The number of nitrogens with zero attached hydrogens (tertiary/aromatic N) is 1. The normalized spacial score (nSPS) is 21.1. The summed E-state index contributed by atoms with van der Waals surface area (Å²) < 4.78 is 5.02. The first-order chi connectivity index (χ1) is 5.36. The first-order valence-electron chi connectivity index (χ1n) is 4.04. The Morgan fingerprint density at radius 1 is 1.55 bits per heavy atom. The van der Waals surface area contributed by atoms with Gasteiger partial charge in [-0.25, -0.2) is 0 Å². The van der Waals surface area contributed by atoms with Crippen LogP contribution < -0.4 is 0 Å². The zero-order chi connectivity index (χ0) is 8.10. The summed E-state index contributed by atoms with van der Waals surface area (Å²) in [7, 11) is 2.48. The van der Waals surface area contributed by atoms with E-state index in [4.69, 9.17) is 11.1 Å². The van der Waals surface area contributed by atoms with E-state index in [2.05, 4.69) is 10.7 Å². The Bertz CT molecular complexity index is 147. The summed E-state index contributed by atoms with van der Waals surface area (Å²) in [4.78, 5) is 2.29. The minimum absolute atomic E-state index is 0.503. The third kappa shape index (κ3) is 2.57. The van der Waals surface area contributed by atoms with E-state index in [1.54, 1.807) is 7.11 Å². The molecule has 0 aromatic heterocycles. The lowest BCUT2D eigenvalue weighted by Gasteiger charge is -2.28. The van der Waals surface area contributed by atoms with Crippen molar-refractivity contribution in [3.63, 3.8) is 0 Å². The molecule has 0 saturated carbocycles. The molecule has 0 spiro atoms. The van der Waals surface area contributed by atoms with Gasteiger partial charge in [0.15, 0.2) is 0 Å². The average Bonchev–Trinajstić information content (AvgIpc) is 2.07. The summed E-state index contributed by atoms with van der Waals surface area (Å²) in [5, 5.41) is 0. The average molecular weight is 151 g/mol. The summed E-state index contributed by atoms with van der Waals surface area (Å²) in [5.41, 5.74) is 0. The molecule has 0 aromatic carbocycles. The SMILES string of the molecule is C#CC1CCN(BOC)CC1. The van der Waals surface area contributed by atoms with Gasteiger partial charge in [-0.1, -0.05) is 0 Å². The standard InChI is InChI=1S/C8H14BNO/c1-3-8-4-6-10(7-5-8)9-11-2/h1,8-9H,4-7H2,2H3. The van der Waals surface area contributed by atoms with Gasteiger partial charge >= 0.3 is 7.62 Å². The fourth-order valence-electron chi connectivity index (χ4n) is 1.41. The van der Waals surface area contributed by atoms with Crippen molar-refractivity contribution in [2.24, 2.45) is 5.92 Å². The molecular formula is C8H14BNO. The molecule has 0 bridgehead atoms. The van der Waals surface area contributed by atoms with Gasteiger partial charge in [0, 0.05) is 13.0 Å². The number of hydrogen-bond acceptors (Lipinski definition) is 2. The van der Waals surface area contributed by atoms with Gasteiger partial charge in [0.1, 0.15) is 0 Å². The predicted molar refractivity (Wildman–Crippen MR) is 47.3 cm³/mol. The van der Waals surface area contributed by atoms with E-state index in [0.29, 0.717) is 5.92 Å². The summed E-state index contributed by atoms with van der Waals surface area (Å²) >= 11 is 0. The molecule has 0 atom stereocenters. The maximum atomic E-state index is 5.32. The molecule has 0 radical (unpaired) electrons. The van der Waals surface area contributed by atoms with Crippen molar-refractivity contribution in [1.29, 1.82) is 0 Å². The second-order valence-electron chi connectivity index (χ2n) is 2.98. The van der Waals surface area contributed by atoms with Gasteiger partial charge in [-0.2, -0.15) is 0 Å². The first kappa shape index (κ1) is 8.64. The molecule has 0 unspecified atom stereocenters. The van der Waals surface area contributed by atoms with Gasteiger partial charge in [0.25, 0.3) is 0 Å². The largest absolute Gasteiger partial charge is 0.427 e. The van der Waals surface area contributed by atoms with Gasteiger partial charge < -0.3 is 9.47 Å². The molecule has 0 N–H and O–H groups in total. The maximum Gasteiger partial charge on any atom is 0.363 e. The van der Waals surface area contributed by atoms with Crippen molar-refractivity contribution in [1.82, 2.24) is 4.81 Å². The lowest BCUT2D eigenvalue weighted by molar-refractivity contribution is 0.275. The van der Waals surface area contributed by atoms with Crippen LogP contribution in [0, 0.1) is 18.3 Å². The molecule has 0 aliphatic carbocycles. The number of piperidine rings is 1. The third-order valence-corrected chi connectivity index (χ3v) is 2.13. The van der Waals surface area contributed by atoms with Gasteiger partial charge in [0.2, 0.25) is 0 Å². The van der Waals surface area contributed by atoms with Crippen molar-refractivity contribution in [3.05, 3.63) is 0 Å². The quantitative estimate of drug-likeness (QED) is 0.414. The maximum absolute atomic E-state index is 5.32. The Morgan fingerprint density at radius 3 is 2.64 bits per heavy atom. The van der Waals surface area contributed by atoms with Gasteiger partial charge in [-0.15, -0.1) is 12.3 Å². The van der Waals surface area contributed by atoms with E-state index >= 15 is 0 Å². The highest BCUT2D eigenvalue weighted by Crippen LogP contribution is 2.14. The van der Waals surface area contributed by atoms with Crippen LogP contribution in [0.15, 0.2) is 0 Å². The van der Waals surface area contributed by atoms with Crippen LogP contribution in [0.2, 0.25) is 0 Å². The van der Waals surface area contributed by atoms with Crippen molar-refractivity contribution in [2.45, 2.75) is 12.8 Å². The molecule has 1 aliphatic rings. The summed E-state index contributed by atoms with van der Waals surface area (Å²) in [6.07, 6.45) is 7.57. The highest BCUT2D eigenvalue weighted by Gasteiger charge is 2.17. The topological polar surface area (TPSA) is 12.5 Å². The molecule has 0 aromatic rings. The molecule has 0 amide bonds. The molecular weight excluding hydrogens is 137 g/mol. The summed E-state index contributed by atoms with van der Waals surface area (Å²) in [6, 6.07) is 0. The Labute approximate surface area is 69.2 Å². The number of hydrogen-bond donors (Lipinski definition) is 0. The van der Waals surface area contributed by atoms with E-state index in [-0.39, 0.29) is 0 Å². The Balaban J connectivity index is 2.20. The highest BCUT2D eigenvalue weighted by molar-refractivity contribution is 6.23. The van der Waals surface area contributed by atoms with Gasteiger partial charge in [-0.3, -0.25) is 0 Å². The van der Waals surface area contributed by atoms with Crippen LogP contribution >= 0.6 is 0 Å². The fourth-order valence-corrected chi connectivity index (χ4v) is 1.41. The van der Waals surface area contributed by atoms with Crippen molar-refractivity contribution >= 4 is 7.62 Å². The van der Waals surface area contributed by atoms with Crippen LogP contribution in [-0.2, 0) is 4.65 Å². The van der Waals surface area contributed by atoms with Gasteiger partial charge in [0.05, 0.1) is 0 Å². The van der Waals surface area contributed by atoms with Crippen molar-refractivity contribution < 1.29 is 4.65 Å². The minimum atomic E-state index is 0.503. The van der Waals surface area contributed by atoms with E-state index in [1.807, 2.05) is 0 Å². The minimum Gasteiger partial charge on any atom is -0.427 e. The van der Waals surface area contributed by atoms with Crippen LogP contribution in [0.5, 0.6) is 0 Å². The Hall–Kier alpha value is -0.455. The van der Waals surface area contributed by atoms with E-state index in [1.165, 1.54) is 0 Å².